The average Bonchev–Trinajstić information content (AvgIpc) is 2.24. The lowest BCUT2D eigenvalue weighted by atomic mass is 9.88. The van der Waals surface area contributed by atoms with E-state index < -0.39 is 0 Å². The van der Waals surface area contributed by atoms with Crippen molar-refractivity contribution in [2.75, 3.05) is 0 Å². The van der Waals surface area contributed by atoms with E-state index >= 15 is 0 Å². The fraction of sp³-hybridized carbons (Fsp3) is 0.538. The van der Waals surface area contributed by atoms with E-state index in [2.05, 4.69) is 50.4 Å². The highest BCUT2D eigenvalue weighted by atomic mass is 15.0. The van der Waals surface area contributed by atoms with Gasteiger partial charge in [0.2, 0.25) is 0 Å². The minimum absolute atomic E-state index is 0.262. The summed E-state index contributed by atoms with van der Waals surface area (Å²) < 4.78 is 0. The van der Waals surface area contributed by atoms with Crippen molar-refractivity contribution >= 4 is 0 Å². The molecule has 1 aromatic rings. The summed E-state index contributed by atoms with van der Waals surface area (Å²) in [5.74, 6) is 0.663. The lowest BCUT2D eigenvalue weighted by Crippen LogP contribution is -2.37. The number of nitrogens with one attached hydrogen (secondary N) is 1. The van der Waals surface area contributed by atoms with Crippen molar-refractivity contribution in [3.63, 3.8) is 0 Å². The second-order valence-electron chi connectivity index (χ2n) is 5.04. The van der Waals surface area contributed by atoms with E-state index in [0.29, 0.717) is 5.92 Å². The molecular formula is C13H19N. The van der Waals surface area contributed by atoms with Gasteiger partial charge in [-0.25, -0.2) is 0 Å². The monoisotopic (exact) mass is 189 g/mol. The maximum absolute atomic E-state index is 3.61. The molecular weight excluding hydrogens is 170 g/mol. The lowest BCUT2D eigenvalue weighted by Gasteiger charge is -2.26. The SMILES string of the molecule is C[C@@H]1CC(C)(C)NCc2ccccc21. The van der Waals surface area contributed by atoms with Gasteiger partial charge in [0.1, 0.15) is 0 Å². The normalized spacial score (nSPS) is 25.2. The van der Waals surface area contributed by atoms with Crippen LogP contribution in [0.5, 0.6) is 0 Å². The Labute approximate surface area is 86.5 Å². The smallest absolute Gasteiger partial charge is 0.0213 e. The Balaban J connectivity index is 2.36. The van der Waals surface area contributed by atoms with Gasteiger partial charge in [-0.1, -0.05) is 31.2 Å². The van der Waals surface area contributed by atoms with Crippen LogP contribution >= 0.6 is 0 Å². The van der Waals surface area contributed by atoms with Gasteiger partial charge in [0.25, 0.3) is 0 Å². The predicted octanol–water partition coefficient (Wildman–Crippen LogP) is 3.06. The maximum atomic E-state index is 3.61. The third-order valence-electron chi connectivity index (χ3n) is 3.16. The summed E-state index contributed by atoms with van der Waals surface area (Å²) >= 11 is 0. The summed E-state index contributed by atoms with van der Waals surface area (Å²) in [5.41, 5.74) is 3.24. The quantitative estimate of drug-likeness (QED) is 0.661. The highest BCUT2D eigenvalue weighted by Gasteiger charge is 2.25. The Morgan fingerprint density at radius 2 is 2.00 bits per heavy atom. The summed E-state index contributed by atoms with van der Waals surface area (Å²) in [4.78, 5) is 0. The molecule has 0 spiro atoms. The van der Waals surface area contributed by atoms with Crippen LogP contribution in [0, 0.1) is 0 Å². The summed E-state index contributed by atoms with van der Waals surface area (Å²) in [6.07, 6.45) is 1.21. The van der Waals surface area contributed by atoms with Gasteiger partial charge in [-0.05, 0) is 37.3 Å². The number of fused-ring (bicyclic) bond motifs is 1. The summed E-state index contributed by atoms with van der Waals surface area (Å²) in [7, 11) is 0. The fourth-order valence-corrected chi connectivity index (χ4v) is 2.46. The molecule has 0 aromatic heterocycles. The standard InChI is InChI=1S/C13H19N/c1-10-8-13(2,3)14-9-11-6-4-5-7-12(10)11/h4-7,10,14H,8-9H2,1-3H3/t10-/m1/s1. The second kappa shape index (κ2) is 3.39. The Hall–Kier alpha value is -0.820. The molecule has 0 aliphatic carbocycles. The average molecular weight is 189 g/mol. The number of hydrogen-bond donors (Lipinski definition) is 1. The zero-order chi connectivity index (χ0) is 10.2. The first-order valence-electron chi connectivity index (χ1n) is 5.41. The predicted molar refractivity (Wildman–Crippen MR) is 60.4 cm³/mol. The van der Waals surface area contributed by atoms with E-state index in [9.17, 15) is 0 Å². The van der Waals surface area contributed by atoms with Gasteiger partial charge in [0.05, 0.1) is 0 Å². The molecule has 0 bridgehead atoms. The zero-order valence-electron chi connectivity index (χ0n) is 9.30. The van der Waals surface area contributed by atoms with Crippen molar-refractivity contribution in [2.45, 2.75) is 45.2 Å². The van der Waals surface area contributed by atoms with Crippen LogP contribution in [0.3, 0.4) is 0 Å². The molecule has 1 atom stereocenters. The van der Waals surface area contributed by atoms with E-state index in [1.54, 1.807) is 0 Å². The van der Waals surface area contributed by atoms with Crippen molar-refractivity contribution in [1.29, 1.82) is 0 Å². The molecule has 2 rings (SSSR count). The Bertz CT molecular complexity index is 328. The largest absolute Gasteiger partial charge is 0.308 e. The molecule has 1 heterocycles. The zero-order valence-corrected chi connectivity index (χ0v) is 9.30. The van der Waals surface area contributed by atoms with E-state index in [0.717, 1.165) is 6.54 Å². The second-order valence-corrected chi connectivity index (χ2v) is 5.04. The first-order valence-corrected chi connectivity index (χ1v) is 5.41. The van der Waals surface area contributed by atoms with Crippen LogP contribution in [0.15, 0.2) is 24.3 Å². The van der Waals surface area contributed by atoms with Crippen LogP contribution < -0.4 is 5.32 Å². The minimum Gasteiger partial charge on any atom is -0.308 e. The van der Waals surface area contributed by atoms with Gasteiger partial charge in [0, 0.05) is 12.1 Å². The van der Waals surface area contributed by atoms with E-state index in [-0.39, 0.29) is 5.54 Å². The first-order chi connectivity index (χ1) is 6.58. The van der Waals surface area contributed by atoms with Crippen molar-refractivity contribution in [3.05, 3.63) is 35.4 Å². The maximum Gasteiger partial charge on any atom is 0.0213 e. The molecule has 1 heteroatoms. The van der Waals surface area contributed by atoms with Crippen LogP contribution in [-0.2, 0) is 6.54 Å². The lowest BCUT2D eigenvalue weighted by molar-refractivity contribution is 0.352. The third kappa shape index (κ3) is 1.83. The van der Waals surface area contributed by atoms with Crippen LogP contribution in [0.4, 0.5) is 0 Å². The van der Waals surface area contributed by atoms with Gasteiger partial charge in [-0.2, -0.15) is 0 Å². The summed E-state index contributed by atoms with van der Waals surface area (Å²) in [5, 5.41) is 3.61. The number of benzene rings is 1. The molecule has 0 saturated heterocycles. The summed E-state index contributed by atoms with van der Waals surface area (Å²) in [6.45, 7) is 7.91. The Morgan fingerprint density at radius 1 is 1.29 bits per heavy atom. The Kier molecular flexibility index (Phi) is 2.36. The molecule has 0 amide bonds. The molecule has 1 aliphatic heterocycles. The van der Waals surface area contributed by atoms with E-state index in [1.807, 2.05) is 0 Å². The molecule has 1 aromatic carbocycles. The molecule has 1 nitrogen and oxygen atoms in total. The fourth-order valence-electron chi connectivity index (χ4n) is 2.46. The van der Waals surface area contributed by atoms with Gasteiger partial charge < -0.3 is 5.32 Å². The van der Waals surface area contributed by atoms with Crippen LogP contribution in [0.25, 0.3) is 0 Å². The van der Waals surface area contributed by atoms with Crippen LogP contribution in [0.2, 0.25) is 0 Å². The van der Waals surface area contributed by atoms with Gasteiger partial charge in [0.15, 0.2) is 0 Å². The first kappa shape index (κ1) is 9.72. The number of rotatable bonds is 0. The molecule has 1 N–H and O–H groups in total. The Morgan fingerprint density at radius 3 is 2.79 bits per heavy atom. The highest BCUT2D eigenvalue weighted by Crippen LogP contribution is 2.31. The van der Waals surface area contributed by atoms with E-state index in [4.69, 9.17) is 0 Å². The van der Waals surface area contributed by atoms with E-state index in [1.165, 1.54) is 17.5 Å². The molecule has 0 radical (unpaired) electrons. The minimum atomic E-state index is 0.262. The summed E-state index contributed by atoms with van der Waals surface area (Å²) in [6, 6.07) is 8.78. The van der Waals surface area contributed by atoms with Crippen molar-refractivity contribution < 1.29 is 0 Å². The molecule has 14 heavy (non-hydrogen) atoms. The molecule has 0 unspecified atom stereocenters. The van der Waals surface area contributed by atoms with Crippen LogP contribution in [0.1, 0.15) is 44.2 Å². The molecule has 0 fully saturated rings. The third-order valence-corrected chi connectivity index (χ3v) is 3.16. The van der Waals surface area contributed by atoms with Crippen LogP contribution in [-0.4, -0.2) is 5.54 Å². The highest BCUT2D eigenvalue weighted by molar-refractivity contribution is 5.31. The van der Waals surface area contributed by atoms with Crippen molar-refractivity contribution in [1.82, 2.24) is 5.32 Å². The number of hydrogen-bond acceptors (Lipinski definition) is 1. The molecule has 0 saturated carbocycles. The molecule has 1 aliphatic rings. The van der Waals surface area contributed by atoms with Gasteiger partial charge in [-0.3, -0.25) is 0 Å². The topological polar surface area (TPSA) is 12.0 Å². The van der Waals surface area contributed by atoms with Gasteiger partial charge in [-0.15, -0.1) is 0 Å². The van der Waals surface area contributed by atoms with Crippen molar-refractivity contribution in [2.24, 2.45) is 0 Å². The molecule has 76 valence electrons. The van der Waals surface area contributed by atoms with Gasteiger partial charge >= 0.3 is 0 Å². The van der Waals surface area contributed by atoms with Crippen molar-refractivity contribution in [3.8, 4) is 0 Å².